The summed E-state index contributed by atoms with van der Waals surface area (Å²) in [5.41, 5.74) is 18.4. The average molecular weight is 792 g/mol. The molecule has 2 aliphatic carbocycles. The summed E-state index contributed by atoms with van der Waals surface area (Å²) in [4.78, 5) is 2.52. The monoisotopic (exact) mass is 791 g/mol. The molecule has 0 bridgehead atoms. The van der Waals surface area contributed by atoms with Crippen molar-refractivity contribution in [3.63, 3.8) is 0 Å². The van der Waals surface area contributed by atoms with Gasteiger partial charge in [-0.2, -0.15) is 0 Å². The van der Waals surface area contributed by atoms with Crippen LogP contribution in [0.25, 0.3) is 75.5 Å². The van der Waals surface area contributed by atoms with Gasteiger partial charge in [0.25, 0.3) is 0 Å². The third-order valence-electron chi connectivity index (χ3n) is 13.3. The lowest BCUT2D eigenvalue weighted by Crippen LogP contribution is -2.26. The van der Waals surface area contributed by atoms with Crippen molar-refractivity contribution < 1.29 is 0 Å². The standard InChI is InChI=1S/C59H37NS/c1-2-14-38(15-3-1)40-28-30-43(31-29-40)60(54-34-35-56-58(49-21-9-13-25-55(49)61-56)57(54)42-27-26-39-16-4-5-17-41(39)36-42)44-32-33-48-47-20-8-12-24-52(47)59(53(48)37-44)50-22-10-6-18-45(50)46-19-7-11-23-51(46)59/h1-37H. The lowest BCUT2D eigenvalue weighted by molar-refractivity contribution is 0.793. The fourth-order valence-electron chi connectivity index (χ4n) is 10.7. The molecule has 0 amide bonds. The first kappa shape index (κ1) is 34.4. The molecule has 1 aromatic heterocycles. The van der Waals surface area contributed by atoms with Crippen LogP contribution < -0.4 is 4.90 Å². The summed E-state index contributed by atoms with van der Waals surface area (Å²) in [7, 11) is 0. The molecule has 1 spiro atoms. The van der Waals surface area contributed by atoms with E-state index in [9.17, 15) is 0 Å². The summed E-state index contributed by atoms with van der Waals surface area (Å²) in [5, 5.41) is 5.05. The van der Waals surface area contributed by atoms with Crippen molar-refractivity contribution in [2.45, 2.75) is 5.41 Å². The predicted molar refractivity (Wildman–Crippen MR) is 259 cm³/mol. The van der Waals surface area contributed by atoms with Gasteiger partial charge in [0.15, 0.2) is 0 Å². The van der Waals surface area contributed by atoms with E-state index in [1.807, 2.05) is 11.3 Å². The highest BCUT2D eigenvalue weighted by Gasteiger charge is 2.51. The second-order valence-corrected chi connectivity index (χ2v) is 17.4. The summed E-state index contributed by atoms with van der Waals surface area (Å²) in [6.07, 6.45) is 0. The first-order chi connectivity index (χ1) is 30.3. The van der Waals surface area contributed by atoms with Gasteiger partial charge >= 0.3 is 0 Å². The second-order valence-electron chi connectivity index (χ2n) is 16.4. The topological polar surface area (TPSA) is 3.24 Å². The molecule has 11 aromatic rings. The van der Waals surface area contributed by atoms with E-state index >= 15 is 0 Å². The third-order valence-corrected chi connectivity index (χ3v) is 14.4. The number of benzene rings is 10. The summed E-state index contributed by atoms with van der Waals surface area (Å²) >= 11 is 1.88. The quantitative estimate of drug-likeness (QED) is 0.168. The van der Waals surface area contributed by atoms with E-state index in [0.29, 0.717) is 0 Å². The number of thiophene rings is 1. The van der Waals surface area contributed by atoms with Crippen LogP contribution in [0.15, 0.2) is 224 Å². The molecule has 0 saturated heterocycles. The first-order valence-electron chi connectivity index (χ1n) is 21.1. The van der Waals surface area contributed by atoms with Crippen molar-refractivity contribution in [3.05, 3.63) is 247 Å². The van der Waals surface area contributed by atoms with Crippen molar-refractivity contribution in [1.29, 1.82) is 0 Å². The highest BCUT2D eigenvalue weighted by atomic mass is 32.1. The molecule has 284 valence electrons. The third kappa shape index (κ3) is 4.94. The molecule has 61 heavy (non-hydrogen) atoms. The summed E-state index contributed by atoms with van der Waals surface area (Å²) in [6.45, 7) is 0. The zero-order valence-electron chi connectivity index (χ0n) is 33.2. The molecule has 1 heterocycles. The maximum atomic E-state index is 2.52. The molecule has 0 aliphatic heterocycles. The van der Waals surface area contributed by atoms with Crippen LogP contribution in [-0.2, 0) is 5.41 Å². The van der Waals surface area contributed by atoms with E-state index in [1.165, 1.54) is 97.7 Å². The molecule has 0 radical (unpaired) electrons. The van der Waals surface area contributed by atoms with Crippen LogP contribution in [0.5, 0.6) is 0 Å². The Hall–Kier alpha value is -7.52. The zero-order chi connectivity index (χ0) is 40.1. The largest absolute Gasteiger partial charge is 0.310 e. The predicted octanol–water partition coefficient (Wildman–Crippen LogP) is 16.4. The minimum absolute atomic E-state index is 0.452. The van der Waals surface area contributed by atoms with E-state index in [2.05, 4.69) is 229 Å². The van der Waals surface area contributed by atoms with Crippen molar-refractivity contribution in [1.82, 2.24) is 0 Å². The van der Waals surface area contributed by atoms with Gasteiger partial charge in [-0.1, -0.05) is 176 Å². The van der Waals surface area contributed by atoms with Gasteiger partial charge in [-0.05, 0) is 121 Å². The minimum atomic E-state index is -0.452. The van der Waals surface area contributed by atoms with Crippen LogP contribution in [0.4, 0.5) is 17.1 Å². The van der Waals surface area contributed by atoms with Gasteiger partial charge < -0.3 is 4.90 Å². The van der Waals surface area contributed by atoms with Gasteiger partial charge in [0.2, 0.25) is 0 Å². The van der Waals surface area contributed by atoms with Gasteiger partial charge in [0, 0.05) is 37.1 Å². The first-order valence-corrected chi connectivity index (χ1v) is 21.9. The number of anilines is 3. The lowest BCUT2D eigenvalue weighted by atomic mass is 9.70. The second kappa shape index (κ2) is 13.2. The number of nitrogens with zero attached hydrogens (tertiary/aromatic N) is 1. The summed E-state index contributed by atoms with van der Waals surface area (Å²) < 4.78 is 2.58. The van der Waals surface area contributed by atoms with Crippen molar-refractivity contribution >= 4 is 59.3 Å². The molecule has 2 aliphatic rings. The lowest BCUT2D eigenvalue weighted by Gasteiger charge is -2.33. The zero-order valence-corrected chi connectivity index (χ0v) is 34.0. The van der Waals surface area contributed by atoms with Crippen molar-refractivity contribution in [3.8, 4) is 44.5 Å². The molecular formula is C59H37NS. The molecule has 2 heteroatoms. The van der Waals surface area contributed by atoms with Crippen molar-refractivity contribution in [2.75, 3.05) is 4.90 Å². The average Bonchev–Trinajstić information content (AvgIpc) is 3.96. The highest BCUT2D eigenvalue weighted by molar-refractivity contribution is 7.26. The number of fused-ring (bicyclic) bond motifs is 14. The number of hydrogen-bond donors (Lipinski definition) is 0. The minimum Gasteiger partial charge on any atom is -0.310 e. The summed E-state index contributed by atoms with van der Waals surface area (Å²) in [5.74, 6) is 0. The van der Waals surface area contributed by atoms with Crippen LogP contribution in [0, 0.1) is 0 Å². The maximum Gasteiger partial charge on any atom is 0.0726 e. The molecule has 0 fully saturated rings. The van der Waals surface area contributed by atoms with Crippen LogP contribution in [-0.4, -0.2) is 0 Å². The Labute approximate surface area is 359 Å². The van der Waals surface area contributed by atoms with Gasteiger partial charge in [-0.15, -0.1) is 11.3 Å². The fourth-order valence-corrected chi connectivity index (χ4v) is 11.8. The molecule has 0 atom stereocenters. The Balaban J connectivity index is 1.12. The Morgan fingerprint density at radius 2 is 0.902 bits per heavy atom. The van der Waals surface area contributed by atoms with Crippen LogP contribution >= 0.6 is 11.3 Å². The van der Waals surface area contributed by atoms with Crippen LogP contribution in [0.3, 0.4) is 0 Å². The van der Waals surface area contributed by atoms with E-state index in [0.717, 1.165) is 17.1 Å². The number of rotatable bonds is 5. The maximum absolute atomic E-state index is 2.52. The van der Waals surface area contributed by atoms with Gasteiger partial charge in [-0.3, -0.25) is 0 Å². The Kier molecular flexibility index (Phi) is 7.46. The molecule has 0 unspecified atom stereocenters. The van der Waals surface area contributed by atoms with Crippen LogP contribution in [0.2, 0.25) is 0 Å². The van der Waals surface area contributed by atoms with E-state index in [1.54, 1.807) is 0 Å². The molecular weight excluding hydrogens is 755 g/mol. The van der Waals surface area contributed by atoms with E-state index < -0.39 is 5.41 Å². The van der Waals surface area contributed by atoms with Gasteiger partial charge in [-0.25, -0.2) is 0 Å². The number of hydrogen-bond acceptors (Lipinski definition) is 2. The van der Waals surface area contributed by atoms with E-state index in [-0.39, 0.29) is 0 Å². The SMILES string of the molecule is c1ccc(-c2ccc(N(c3ccc4c(c3)C3(c5ccccc5-c5ccccc53)c3ccccc3-4)c3ccc4sc5ccccc5c4c3-c3ccc4ccccc4c3)cc2)cc1. The van der Waals surface area contributed by atoms with Gasteiger partial charge in [0.05, 0.1) is 11.1 Å². The Morgan fingerprint density at radius 3 is 1.62 bits per heavy atom. The smallest absolute Gasteiger partial charge is 0.0726 e. The Morgan fingerprint density at radius 1 is 0.344 bits per heavy atom. The fraction of sp³-hybridized carbons (Fsp3) is 0.0169. The normalized spacial score (nSPS) is 13.0. The van der Waals surface area contributed by atoms with Crippen LogP contribution in [0.1, 0.15) is 22.3 Å². The highest BCUT2D eigenvalue weighted by Crippen LogP contribution is 2.63. The Bertz CT molecular complexity index is 3480. The van der Waals surface area contributed by atoms with Gasteiger partial charge in [0.1, 0.15) is 0 Å². The van der Waals surface area contributed by atoms with Crippen molar-refractivity contribution in [2.24, 2.45) is 0 Å². The molecule has 1 nitrogen and oxygen atoms in total. The molecule has 0 N–H and O–H groups in total. The molecule has 0 saturated carbocycles. The van der Waals surface area contributed by atoms with E-state index in [4.69, 9.17) is 0 Å². The summed E-state index contributed by atoms with van der Waals surface area (Å²) in [6, 6.07) is 83.7. The molecule has 10 aromatic carbocycles. The molecule has 13 rings (SSSR count).